The topological polar surface area (TPSA) is 102 Å². The average molecular weight is 498 g/mol. The van der Waals surface area contributed by atoms with Crippen molar-refractivity contribution < 1.29 is 29.0 Å². The van der Waals surface area contributed by atoms with E-state index < -0.39 is 35.5 Å². The van der Waals surface area contributed by atoms with Crippen LogP contribution in [0.15, 0.2) is 54.6 Å². The lowest BCUT2D eigenvalue weighted by Gasteiger charge is -2.29. The van der Waals surface area contributed by atoms with Gasteiger partial charge in [-0.1, -0.05) is 68.4 Å². The third-order valence-electron chi connectivity index (χ3n) is 5.80. The molecule has 0 aromatic heterocycles. The fraction of sp³-hybridized carbons (Fsp3) is 0.483. The van der Waals surface area contributed by atoms with Crippen LogP contribution in [0.1, 0.15) is 64.2 Å². The third kappa shape index (κ3) is 10.1. The molecule has 2 atom stereocenters. The van der Waals surface area contributed by atoms with Gasteiger partial charge in [0.05, 0.1) is 11.8 Å². The predicted molar refractivity (Wildman–Crippen MR) is 138 cm³/mol. The van der Waals surface area contributed by atoms with Gasteiger partial charge in [-0.15, -0.1) is 0 Å². The van der Waals surface area contributed by atoms with Crippen LogP contribution in [0.2, 0.25) is 0 Å². The summed E-state index contributed by atoms with van der Waals surface area (Å²) in [5.41, 5.74) is 2.26. The first-order valence-corrected chi connectivity index (χ1v) is 12.4. The van der Waals surface area contributed by atoms with Gasteiger partial charge in [-0.2, -0.15) is 0 Å². The Bertz CT molecular complexity index is 979. The van der Waals surface area contributed by atoms with E-state index in [9.17, 15) is 19.5 Å². The molecule has 0 aliphatic rings. The normalized spacial score (nSPS) is 13.1. The number of hydrogen-bond donors (Lipinski definition) is 2. The van der Waals surface area contributed by atoms with Crippen LogP contribution in [0.5, 0.6) is 0 Å². The molecule has 0 aliphatic carbocycles. The van der Waals surface area contributed by atoms with Crippen molar-refractivity contribution in [2.24, 2.45) is 17.8 Å². The third-order valence-corrected chi connectivity index (χ3v) is 5.80. The zero-order valence-electron chi connectivity index (χ0n) is 22.0. The van der Waals surface area contributed by atoms with E-state index in [-0.39, 0.29) is 12.5 Å². The van der Waals surface area contributed by atoms with Gasteiger partial charge in [0.15, 0.2) is 0 Å². The number of alkyl carbamates (subject to hydrolysis) is 1. The van der Waals surface area contributed by atoms with Gasteiger partial charge >= 0.3 is 18.0 Å². The number of esters is 1. The highest BCUT2D eigenvalue weighted by Crippen LogP contribution is 2.29. The SMILES string of the molecule is CC(C)[C@@H](C(=O)O)C(CCCc1ccc(CNC(=O)OCc2ccccc2)cc1)C(=O)OC(C)(C)C. The first-order valence-electron chi connectivity index (χ1n) is 12.4. The minimum Gasteiger partial charge on any atom is -0.481 e. The number of aryl methyl sites for hydroxylation is 1. The second-order valence-electron chi connectivity index (χ2n) is 10.4. The molecule has 0 heterocycles. The highest BCUT2D eigenvalue weighted by Gasteiger charge is 2.38. The molecule has 196 valence electrons. The standard InChI is InChI=1S/C29H39NO6/c1-20(2)25(26(31)32)24(27(33)36-29(3,4)5)13-9-12-21-14-16-22(17-15-21)18-30-28(34)35-19-23-10-7-6-8-11-23/h6-8,10-11,14-17,20,24-25H,9,12-13,18-19H2,1-5H3,(H,30,34)(H,31,32)/t24?,25-/m1/s1. The fourth-order valence-corrected chi connectivity index (χ4v) is 4.04. The van der Waals surface area contributed by atoms with E-state index in [1.807, 2.05) is 68.4 Å². The molecule has 0 aliphatic heterocycles. The van der Waals surface area contributed by atoms with Crippen molar-refractivity contribution in [2.75, 3.05) is 0 Å². The number of hydrogen-bond acceptors (Lipinski definition) is 5. The maximum Gasteiger partial charge on any atom is 0.407 e. The molecule has 0 saturated heterocycles. The molecular formula is C29H39NO6. The summed E-state index contributed by atoms with van der Waals surface area (Å²) in [5.74, 6) is -3.11. The number of amides is 1. The van der Waals surface area contributed by atoms with Gasteiger partial charge in [-0.25, -0.2) is 4.79 Å². The number of aliphatic carboxylic acids is 1. The second kappa shape index (κ2) is 13.7. The maximum absolute atomic E-state index is 12.8. The smallest absolute Gasteiger partial charge is 0.407 e. The lowest BCUT2D eigenvalue weighted by molar-refractivity contribution is -0.168. The summed E-state index contributed by atoms with van der Waals surface area (Å²) in [6.07, 6.45) is 1.32. The molecule has 0 saturated carbocycles. The Morgan fingerprint density at radius 2 is 1.53 bits per heavy atom. The van der Waals surface area contributed by atoms with E-state index >= 15 is 0 Å². The predicted octanol–water partition coefficient (Wildman–Crippen LogP) is 5.75. The molecule has 2 rings (SSSR count). The highest BCUT2D eigenvalue weighted by atomic mass is 16.6. The highest BCUT2D eigenvalue weighted by molar-refractivity contribution is 5.81. The molecule has 0 bridgehead atoms. The number of carboxylic acid groups (broad SMARTS) is 1. The number of rotatable bonds is 12. The van der Waals surface area contributed by atoms with Gasteiger partial charge in [0.1, 0.15) is 12.2 Å². The first-order chi connectivity index (χ1) is 17.0. The van der Waals surface area contributed by atoms with E-state index in [2.05, 4.69) is 5.32 Å². The Kier molecular flexibility index (Phi) is 11.0. The van der Waals surface area contributed by atoms with Gasteiger partial charge in [0.25, 0.3) is 0 Å². The maximum atomic E-state index is 12.8. The lowest BCUT2D eigenvalue weighted by atomic mass is 9.80. The Morgan fingerprint density at radius 1 is 0.917 bits per heavy atom. The minimum absolute atomic E-state index is 0.189. The monoisotopic (exact) mass is 497 g/mol. The van der Waals surface area contributed by atoms with Crippen LogP contribution in [0.25, 0.3) is 0 Å². The van der Waals surface area contributed by atoms with Crippen LogP contribution in [-0.2, 0) is 38.6 Å². The van der Waals surface area contributed by atoms with Gasteiger partial charge in [-0.05, 0) is 62.6 Å². The molecule has 1 amide bonds. The van der Waals surface area contributed by atoms with Crippen molar-refractivity contribution in [1.29, 1.82) is 0 Å². The summed E-state index contributed by atoms with van der Waals surface area (Å²) in [6, 6.07) is 17.3. The number of ether oxygens (including phenoxy) is 2. The van der Waals surface area contributed by atoms with Crippen LogP contribution >= 0.6 is 0 Å². The van der Waals surface area contributed by atoms with E-state index in [0.717, 1.165) is 16.7 Å². The van der Waals surface area contributed by atoms with E-state index in [1.165, 1.54) is 0 Å². The Hall–Kier alpha value is -3.35. The average Bonchev–Trinajstić information content (AvgIpc) is 2.80. The summed E-state index contributed by atoms with van der Waals surface area (Å²) < 4.78 is 10.8. The van der Waals surface area contributed by atoms with Crippen LogP contribution in [-0.4, -0.2) is 28.7 Å². The van der Waals surface area contributed by atoms with Crippen molar-refractivity contribution in [2.45, 2.75) is 72.6 Å². The van der Waals surface area contributed by atoms with Crippen LogP contribution in [0, 0.1) is 17.8 Å². The van der Waals surface area contributed by atoms with E-state index in [1.54, 1.807) is 20.8 Å². The molecule has 0 fully saturated rings. The van der Waals surface area contributed by atoms with E-state index in [0.29, 0.717) is 25.8 Å². The molecule has 36 heavy (non-hydrogen) atoms. The Balaban J connectivity index is 1.86. The molecule has 7 nitrogen and oxygen atoms in total. The van der Waals surface area contributed by atoms with Crippen molar-refractivity contribution in [3.63, 3.8) is 0 Å². The second-order valence-corrected chi connectivity index (χ2v) is 10.4. The van der Waals surface area contributed by atoms with Gasteiger partial charge in [0, 0.05) is 6.54 Å². The number of benzene rings is 2. The van der Waals surface area contributed by atoms with Gasteiger partial charge in [-0.3, -0.25) is 9.59 Å². The molecule has 2 N–H and O–H groups in total. The molecule has 2 aromatic carbocycles. The summed E-state index contributed by atoms with van der Waals surface area (Å²) >= 11 is 0. The Morgan fingerprint density at radius 3 is 2.08 bits per heavy atom. The van der Waals surface area contributed by atoms with Crippen LogP contribution in [0.3, 0.4) is 0 Å². The number of nitrogens with one attached hydrogen (secondary N) is 1. The largest absolute Gasteiger partial charge is 0.481 e. The number of carbonyl (C=O) groups excluding carboxylic acids is 2. The molecule has 0 spiro atoms. The Labute approximate surface area is 214 Å². The van der Waals surface area contributed by atoms with Gasteiger partial charge < -0.3 is 19.9 Å². The van der Waals surface area contributed by atoms with Crippen LogP contribution < -0.4 is 5.32 Å². The lowest BCUT2D eigenvalue weighted by Crippen LogP contribution is -2.38. The molecule has 2 aromatic rings. The van der Waals surface area contributed by atoms with Crippen molar-refractivity contribution in [3.8, 4) is 0 Å². The molecule has 0 radical (unpaired) electrons. The summed E-state index contributed by atoms with van der Waals surface area (Å²) in [6.45, 7) is 9.56. The molecule has 1 unspecified atom stereocenters. The van der Waals surface area contributed by atoms with Crippen molar-refractivity contribution >= 4 is 18.0 Å². The van der Waals surface area contributed by atoms with E-state index in [4.69, 9.17) is 9.47 Å². The van der Waals surface area contributed by atoms with Crippen molar-refractivity contribution in [3.05, 3.63) is 71.3 Å². The molecular weight excluding hydrogens is 458 g/mol. The fourth-order valence-electron chi connectivity index (χ4n) is 4.04. The minimum atomic E-state index is -0.972. The number of carbonyl (C=O) groups is 3. The first kappa shape index (κ1) is 28.9. The summed E-state index contributed by atoms with van der Waals surface area (Å²) in [4.78, 5) is 36.7. The van der Waals surface area contributed by atoms with Gasteiger partial charge in [0.2, 0.25) is 0 Å². The zero-order chi connectivity index (χ0) is 26.7. The van der Waals surface area contributed by atoms with Crippen molar-refractivity contribution in [1.82, 2.24) is 5.32 Å². The summed E-state index contributed by atoms with van der Waals surface area (Å²) in [5, 5.41) is 12.5. The zero-order valence-corrected chi connectivity index (χ0v) is 22.0. The van der Waals surface area contributed by atoms with Crippen LogP contribution in [0.4, 0.5) is 4.79 Å². The quantitative estimate of drug-likeness (QED) is 0.362. The number of carboxylic acids is 1. The molecule has 7 heteroatoms. The summed E-state index contributed by atoms with van der Waals surface area (Å²) in [7, 11) is 0.